The normalized spacial score (nSPS) is 20.8. The van der Waals surface area contributed by atoms with Gasteiger partial charge in [0.15, 0.2) is 0 Å². The van der Waals surface area contributed by atoms with Gasteiger partial charge in [-0.3, -0.25) is 0 Å². The first kappa shape index (κ1) is 22.2. The molecule has 0 nitrogen and oxygen atoms in total. The minimum Gasteiger partial charge on any atom is -1.00 e. The minimum absolute atomic E-state index is 0. The predicted octanol–water partition coefficient (Wildman–Crippen LogP) is 0.521. The molecule has 0 amide bonds. The van der Waals surface area contributed by atoms with Gasteiger partial charge in [0.05, 0.1) is 0 Å². The van der Waals surface area contributed by atoms with Gasteiger partial charge >= 0.3 is 154 Å². The van der Waals surface area contributed by atoms with Gasteiger partial charge in [-0.1, -0.05) is 0 Å². The van der Waals surface area contributed by atoms with E-state index in [0.717, 1.165) is 3.63 Å². The summed E-state index contributed by atoms with van der Waals surface area (Å²) in [5, 5.41) is 0. The van der Waals surface area contributed by atoms with E-state index in [9.17, 15) is 0 Å². The third kappa shape index (κ3) is 3.54. The predicted molar refractivity (Wildman–Crippen MR) is 96.9 cm³/mol. The molecule has 1 aromatic rings. The van der Waals surface area contributed by atoms with Gasteiger partial charge in [0, 0.05) is 0 Å². The van der Waals surface area contributed by atoms with E-state index in [0.29, 0.717) is 5.92 Å². The first-order chi connectivity index (χ1) is 10.7. The summed E-state index contributed by atoms with van der Waals surface area (Å²) >= 11 is -0.726. The number of benzene rings is 1. The molecule has 1 unspecified atom stereocenters. The Labute approximate surface area is 162 Å². The van der Waals surface area contributed by atoms with Crippen molar-refractivity contribution < 1.29 is 32.6 Å². The maximum absolute atomic E-state index is 2.48. The van der Waals surface area contributed by atoms with Crippen molar-refractivity contribution in [2.45, 2.75) is 52.1 Å². The third-order valence-electron chi connectivity index (χ3n) is 5.98. The van der Waals surface area contributed by atoms with E-state index in [1.165, 1.54) is 5.56 Å². The van der Waals surface area contributed by atoms with Crippen LogP contribution in [-0.2, 0) is 23.2 Å². The Hall–Kier alpha value is -0.817. The molecular weight excluding hydrogens is 393 g/mol. The van der Waals surface area contributed by atoms with Crippen LogP contribution in [0.15, 0.2) is 49.8 Å². The zero-order chi connectivity index (χ0) is 16.9. The van der Waals surface area contributed by atoms with Crippen molar-refractivity contribution in [3.8, 4) is 0 Å². The smallest absolute Gasteiger partial charge is 1.00 e. The fourth-order valence-electron chi connectivity index (χ4n) is 4.04. The van der Waals surface area contributed by atoms with Crippen LogP contribution in [0.25, 0.3) is 6.08 Å². The van der Waals surface area contributed by atoms with E-state index in [4.69, 9.17) is 0 Å². The van der Waals surface area contributed by atoms with Crippen LogP contribution in [0.1, 0.15) is 63.2 Å². The molecule has 0 radical (unpaired) electrons. The average Bonchev–Trinajstić information content (AvgIpc) is 2.94. The summed E-state index contributed by atoms with van der Waals surface area (Å²) in [6.45, 7) is 16.6. The Balaban J connectivity index is 0.00000156. The molecule has 0 spiro atoms. The van der Waals surface area contributed by atoms with Gasteiger partial charge in [0.25, 0.3) is 0 Å². The summed E-state index contributed by atoms with van der Waals surface area (Å²) in [6, 6.07) is 9.07. The largest absolute Gasteiger partial charge is 1.00 e. The average molecular weight is 422 g/mol. The van der Waals surface area contributed by atoms with Crippen LogP contribution in [0.3, 0.4) is 0 Å². The number of hydrogen-bond donors (Lipinski definition) is 0. The van der Waals surface area contributed by atoms with Crippen molar-refractivity contribution in [1.29, 1.82) is 0 Å². The molecule has 2 aliphatic carbocycles. The van der Waals surface area contributed by atoms with Gasteiger partial charge < -0.3 is 9.41 Å². The summed E-state index contributed by atoms with van der Waals surface area (Å²) in [5.41, 5.74) is 9.76. The summed E-state index contributed by atoms with van der Waals surface area (Å²) in [4.78, 5) is 0. The van der Waals surface area contributed by atoms with Crippen LogP contribution in [-0.4, -0.2) is 0 Å². The summed E-state index contributed by atoms with van der Waals surface area (Å²) < 4.78 is 2.53. The molecule has 0 aromatic heterocycles. The standard InChI is InChI=1S/C12H13.C10H15.2FH.Zr/c1-9(2)12-7-10-5-3-4-6-11(10)8-12;1-7-6-10(4,5)9(3)8(7)2;;;/h3-9H,1-2H3;1-5H3;2*1H;/q;;;;+2/p-2. The van der Waals surface area contributed by atoms with Crippen LogP contribution >= 0.6 is 0 Å². The number of hydrogen-bond acceptors (Lipinski definition) is 0. The molecule has 25 heavy (non-hydrogen) atoms. The first-order valence-electron chi connectivity index (χ1n) is 8.71. The molecule has 1 aromatic carbocycles. The van der Waals surface area contributed by atoms with Crippen molar-refractivity contribution in [3.05, 3.63) is 61.0 Å². The molecule has 0 heterocycles. The van der Waals surface area contributed by atoms with E-state index in [-0.39, 0.29) is 14.8 Å². The monoisotopic (exact) mass is 420 g/mol. The zero-order valence-electron chi connectivity index (χ0n) is 16.3. The van der Waals surface area contributed by atoms with Crippen LogP contribution in [0, 0.1) is 11.3 Å². The van der Waals surface area contributed by atoms with Crippen LogP contribution in [0.2, 0.25) is 0 Å². The van der Waals surface area contributed by atoms with Crippen molar-refractivity contribution in [3.63, 3.8) is 0 Å². The van der Waals surface area contributed by atoms with Crippen LogP contribution in [0.5, 0.6) is 0 Å². The second kappa shape index (κ2) is 7.82. The maximum atomic E-state index is 2.48. The van der Waals surface area contributed by atoms with Gasteiger partial charge in [0.2, 0.25) is 0 Å². The molecule has 0 saturated carbocycles. The van der Waals surface area contributed by atoms with E-state index in [2.05, 4.69) is 78.8 Å². The Morgan fingerprint density at radius 2 is 1.56 bits per heavy atom. The summed E-state index contributed by atoms with van der Waals surface area (Å²) in [6.07, 6.45) is 2.48. The fraction of sp³-hybridized carbons (Fsp3) is 0.455. The van der Waals surface area contributed by atoms with Crippen molar-refractivity contribution in [2.24, 2.45) is 11.3 Å². The van der Waals surface area contributed by atoms with Gasteiger partial charge in [0.1, 0.15) is 0 Å². The van der Waals surface area contributed by atoms with Crippen molar-refractivity contribution in [2.75, 3.05) is 0 Å². The molecule has 3 heteroatoms. The summed E-state index contributed by atoms with van der Waals surface area (Å²) in [5.74, 6) is 0.647. The molecule has 0 saturated heterocycles. The third-order valence-corrected chi connectivity index (χ3v) is 11.4. The van der Waals surface area contributed by atoms with Crippen LogP contribution < -0.4 is 9.41 Å². The molecule has 0 bridgehead atoms. The molecule has 0 fully saturated rings. The second-order valence-corrected chi connectivity index (χ2v) is 11.2. The van der Waals surface area contributed by atoms with Crippen LogP contribution in [0.4, 0.5) is 0 Å². The second-order valence-electron chi connectivity index (χ2n) is 7.88. The van der Waals surface area contributed by atoms with Gasteiger partial charge in [-0.25, -0.2) is 0 Å². The molecular formula is C22H28F2Zr. The SMILES string of the molecule is CC1=C(C)C(C)(C)[C]([Zr+2][CH]2C(C(C)C)=Cc3ccccc32)=C1C.[F-].[F-]. The van der Waals surface area contributed by atoms with Gasteiger partial charge in [-0.05, 0) is 0 Å². The molecule has 3 rings (SSSR count). The van der Waals surface area contributed by atoms with Gasteiger partial charge in [-0.15, -0.1) is 0 Å². The molecule has 2 aliphatic rings. The number of allylic oxidation sites excluding steroid dienone is 5. The Morgan fingerprint density at radius 3 is 2.08 bits per heavy atom. The van der Waals surface area contributed by atoms with E-state index < -0.39 is 23.2 Å². The number of halogens is 2. The maximum Gasteiger partial charge on any atom is -1.00 e. The number of fused-ring (bicyclic) bond motifs is 1. The molecule has 134 valence electrons. The van der Waals surface area contributed by atoms with Gasteiger partial charge in [-0.2, -0.15) is 0 Å². The molecule has 1 atom stereocenters. The topological polar surface area (TPSA) is 0 Å². The van der Waals surface area contributed by atoms with E-state index in [1.54, 1.807) is 27.9 Å². The molecule has 0 N–H and O–H groups in total. The minimum atomic E-state index is -0.726. The fourth-order valence-corrected chi connectivity index (χ4v) is 9.55. The summed E-state index contributed by atoms with van der Waals surface area (Å²) in [7, 11) is 0. The Bertz CT molecular complexity index is 751. The number of rotatable bonds is 3. The van der Waals surface area contributed by atoms with Crippen molar-refractivity contribution in [1.82, 2.24) is 0 Å². The quantitative estimate of drug-likeness (QED) is 0.668. The molecule has 0 aliphatic heterocycles. The first-order valence-corrected chi connectivity index (χ1v) is 11.4. The van der Waals surface area contributed by atoms with Crippen molar-refractivity contribution >= 4 is 6.08 Å². The Kier molecular flexibility index (Phi) is 6.96. The van der Waals surface area contributed by atoms with E-state index >= 15 is 0 Å². The zero-order valence-corrected chi connectivity index (χ0v) is 18.8. The Morgan fingerprint density at radius 1 is 0.960 bits per heavy atom. The van der Waals surface area contributed by atoms with E-state index in [1.807, 2.05) is 3.28 Å².